The summed E-state index contributed by atoms with van der Waals surface area (Å²) in [7, 11) is 0. The van der Waals surface area contributed by atoms with Gasteiger partial charge in [0, 0.05) is 17.0 Å². The van der Waals surface area contributed by atoms with Crippen molar-refractivity contribution < 1.29 is 9.59 Å². The Labute approximate surface area is 180 Å². The van der Waals surface area contributed by atoms with Gasteiger partial charge < -0.3 is 5.32 Å². The summed E-state index contributed by atoms with van der Waals surface area (Å²) in [6.45, 7) is 0. The molecule has 0 atom stereocenters. The zero-order chi connectivity index (χ0) is 20.8. The number of hydrogen-bond donors (Lipinski definition) is 2. The number of rotatable bonds is 6. The number of hydrogen-bond acceptors (Lipinski definition) is 4. The van der Waals surface area contributed by atoms with E-state index in [2.05, 4.69) is 39.9 Å². The number of amides is 2. The second kappa shape index (κ2) is 9.67. The third kappa shape index (κ3) is 5.33. The monoisotopic (exact) mass is 419 g/mol. The first-order chi connectivity index (χ1) is 14.7. The van der Waals surface area contributed by atoms with Gasteiger partial charge in [-0.2, -0.15) is 0 Å². The predicted molar refractivity (Wildman–Crippen MR) is 120 cm³/mol. The highest BCUT2D eigenvalue weighted by atomic mass is 32.1. The van der Waals surface area contributed by atoms with Gasteiger partial charge in [0.05, 0.1) is 12.1 Å². The number of carbonyl (C=O) groups is 2. The van der Waals surface area contributed by atoms with E-state index < -0.39 is 0 Å². The first-order valence-electron chi connectivity index (χ1n) is 10.3. The first-order valence-corrected chi connectivity index (χ1v) is 11.2. The van der Waals surface area contributed by atoms with Gasteiger partial charge in [0.25, 0.3) is 5.91 Å². The molecule has 1 heterocycles. The molecule has 2 N–H and O–H groups in total. The number of anilines is 1. The van der Waals surface area contributed by atoms with Crippen LogP contribution in [0.2, 0.25) is 0 Å². The van der Waals surface area contributed by atoms with E-state index >= 15 is 0 Å². The molecular formula is C24H25N3O2S. The average Bonchev–Trinajstić information content (AvgIpc) is 3.22. The summed E-state index contributed by atoms with van der Waals surface area (Å²) in [4.78, 5) is 29.1. The molecule has 1 aliphatic carbocycles. The van der Waals surface area contributed by atoms with Crippen LogP contribution < -0.4 is 10.6 Å². The van der Waals surface area contributed by atoms with Crippen molar-refractivity contribution in [3.63, 3.8) is 0 Å². The van der Waals surface area contributed by atoms with Gasteiger partial charge in [-0.1, -0.05) is 48.5 Å². The Kier molecular flexibility index (Phi) is 6.54. The summed E-state index contributed by atoms with van der Waals surface area (Å²) in [6, 6.07) is 19.9. The van der Waals surface area contributed by atoms with Crippen LogP contribution in [0.3, 0.4) is 0 Å². The summed E-state index contributed by atoms with van der Waals surface area (Å²) >= 11 is 1.34. The zero-order valence-corrected chi connectivity index (χ0v) is 17.5. The summed E-state index contributed by atoms with van der Waals surface area (Å²) in [5.41, 5.74) is 2.66. The highest BCUT2D eigenvalue weighted by Gasteiger charge is 2.23. The Morgan fingerprint density at radius 3 is 2.30 bits per heavy atom. The Morgan fingerprint density at radius 1 is 0.933 bits per heavy atom. The van der Waals surface area contributed by atoms with Crippen LogP contribution >= 0.6 is 11.3 Å². The summed E-state index contributed by atoms with van der Waals surface area (Å²) in [5.74, 6) is 0.384. The second-order valence-corrected chi connectivity index (χ2v) is 8.53. The number of carbonyl (C=O) groups excluding carboxylic acids is 2. The quantitative estimate of drug-likeness (QED) is 0.604. The van der Waals surface area contributed by atoms with E-state index in [0.717, 1.165) is 25.7 Å². The molecule has 0 unspecified atom stereocenters. The van der Waals surface area contributed by atoms with Crippen molar-refractivity contribution in [1.82, 2.24) is 10.3 Å². The fraction of sp³-hybridized carbons (Fsp3) is 0.292. The lowest BCUT2D eigenvalue weighted by Crippen LogP contribution is -2.38. The minimum Gasteiger partial charge on any atom is -0.353 e. The van der Waals surface area contributed by atoms with Crippen LogP contribution in [-0.2, 0) is 11.2 Å². The van der Waals surface area contributed by atoms with Gasteiger partial charge in [0.1, 0.15) is 0 Å². The van der Waals surface area contributed by atoms with Crippen molar-refractivity contribution in [2.75, 3.05) is 5.32 Å². The molecule has 2 amide bonds. The van der Waals surface area contributed by atoms with Gasteiger partial charge in [-0.15, -0.1) is 11.3 Å². The van der Waals surface area contributed by atoms with Crippen LogP contribution in [-0.4, -0.2) is 22.8 Å². The summed E-state index contributed by atoms with van der Waals surface area (Å²) in [5, 5.41) is 8.28. The molecule has 1 fully saturated rings. The van der Waals surface area contributed by atoms with Crippen LogP contribution in [0.5, 0.6) is 0 Å². The third-order valence-electron chi connectivity index (χ3n) is 5.51. The SMILES string of the molecule is O=C(Cc1csc(NC(=O)c2ccccc2)n1)NC1CCC(c2ccccc2)CC1. The fourth-order valence-corrected chi connectivity index (χ4v) is 4.65. The van der Waals surface area contributed by atoms with Crippen LogP contribution in [0.1, 0.15) is 53.2 Å². The molecule has 2 aromatic carbocycles. The molecule has 1 saturated carbocycles. The smallest absolute Gasteiger partial charge is 0.257 e. The first kappa shape index (κ1) is 20.3. The molecule has 1 aromatic heterocycles. The van der Waals surface area contributed by atoms with Gasteiger partial charge in [0.15, 0.2) is 5.13 Å². The molecule has 30 heavy (non-hydrogen) atoms. The van der Waals surface area contributed by atoms with Crippen LogP contribution in [0.15, 0.2) is 66.0 Å². The molecule has 0 radical (unpaired) electrons. The van der Waals surface area contributed by atoms with Gasteiger partial charge in [-0.05, 0) is 49.3 Å². The average molecular weight is 420 g/mol. The van der Waals surface area contributed by atoms with Crippen LogP contribution in [0, 0.1) is 0 Å². The van der Waals surface area contributed by atoms with E-state index in [1.54, 1.807) is 12.1 Å². The van der Waals surface area contributed by atoms with Gasteiger partial charge in [-0.25, -0.2) is 4.98 Å². The van der Waals surface area contributed by atoms with Gasteiger partial charge >= 0.3 is 0 Å². The van der Waals surface area contributed by atoms with Crippen molar-refractivity contribution in [1.29, 1.82) is 0 Å². The Bertz CT molecular complexity index is 980. The minimum atomic E-state index is -0.198. The third-order valence-corrected chi connectivity index (χ3v) is 6.32. The number of thiazole rings is 1. The van der Waals surface area contributed by atoms with Crippen LogP contribution in [0.4, 0.5) is 5.13 Å². The molecule has 3 aromatic rings. The largest absolute Gasteiger partial charge is 0.353 e. The van der Waals surface area contributed by atoms with Crippen LogP contribution in [0.25, 0.3) is 0 Å². The molecule has 0 spiro atoms. The molecule has 1 aliphatic rings. The predicted octanol–water partition coefficient (Wildman–Crippen LogP) is 4.78. The number of benzene rings is 2. The van der Waals surface area contributed by atoms with Crippen molar-refractivity contribution in [3.8, 4) is 0 Å². The molecule has 154 valence electrons. The lowest BCUT2D eigenvalue weighted by Gasteiger charge is -2.29. The van der Waals surface area contributed by atoms with E-state index in [1.807, 2.05) is 29.6 Å². The zero-order valence-electron chi connectivity index (χ0n) is 16.7. The molecule has 4 rings (SSSR count). The second-order valence-electron chi connectivity index (χ2n) is 7.67. The molecule has 0 saturated heterocycles. The topological polar surface area (TPSA) is 71.1 Å². The van der Waals surface area contributed by atoms with E-state index in [0.29, 0.717) is 22.3 Å². The Morgan fingerprint density at radius 2 is 1.60 bits per heavy atom. The highest BCUT2D eigenvalue weighted by Crippen LogP contribution is 2.32. The molecule has 6 heteroatoms. The van der Waals surface area contributed by atoms with Crippen molar-refractivity contribution in [2.45, 2.75) is 44.1 Å². The molecule has 5 nitrogen and oxygen atoms in total. The van der Waals surface area contributed by atoms with Crippen molar-refractivity contribution in [3.05, 3.63) is 82.9 Å². The van der Waals surface area contributed by atoms with Crippen molar-refractivity contribution in [2.24, 2.45) is 0 Å². The maximum atomic E-state index is 12.5. The lowest BCUT2D eigenvalue weighted by atomic mass is 9.82. The normalized spacial score (nSPS) is 18.5. The standard InChI is InChI=1S/C24H25N3O2S/c28-22(25-20-13-11-18(12-14-20)17-7-3-1-4-8-17)15-21-16-30-24(26-21)27-23(29)19-9-5-2-6-10-19/h1-10,16,18,20H,11-15H2,(H,25,28)(H,26,27,29). The lowest BCUT2D eigenvalue weighted by molar-refractivity contribution is -0.121. The van der Waals surface area contributed by atoms with E-state index in [-0.39, 0.29) is 24.3 Å². The highest BCUT2D eigenvalue weighted by molar-refractivity contribution is 7.14. The summed E-state index contributed by atoms with van der Waals surface area (Å²) in [6.07, 6.45) is 4.43. The van der Waals surface area contributed by atoms with Gasteiger partial charge in [-0.3, -0.25) is 14.9 Å². The van der Waals surface area contributed by atoms with Gasteiger partial charge in [0.2, 0.25) is 5.91 Å². The molecular weight excluding hydrogens is 394 g/mol. The fourth-order valence-electron chi connectivity index (χ4n) is 3.94. The number of aromatic nitrogens is 1. The maximum Gasteiger partial charge on any atom is 0.257 e. The Balaban J connectivity index is 1.24. The molecule has 0 aliphatic heterocycles. The van der Waals surface area contributed by atoms with E-state index in [9.17, 15) is 9.59 Å². The van der Waals surface area contributed by atoms with E-state index in [1.165, 1.54) is 16.9 Å². The summed E-state index contributed by atoms with van der Waals surface area (Å²) < 4.78 is 0. The number of nitrogens with zero attached hydrogens (tertiary/aromatic N) is 1. The van der Waals surface area contributed by atoms with Crippen molar-refractivity contribution >= 4 is 28.3 Å². The molecule has 0 bridgehead atoms. The Hall–Kier alpha value is -2.99. The maximum absolute atomic E-state index is 12.5. The minimum absolute atomic E-state index is 0.00982. The number of nitrogens with one attached hydrogen (secondary N) is 2. The van der Waals surface area contributed by atoms with E-state index in [4.69, 9.17) is 0 Å².